The summed E-state index contributed by atoms with van der Waals surface area (Å²) in [5.41, 5.74) is 1.85. The van der Waals surface area contributed by atoms with Crippen molar-refractivity contribution in [2.45, 2.75) is 20.8 Å². The van der Waals surface area contributed by atoms with Crippen LogP contribution in [0.15, 0.2) is 53.5 Å². The molecule has 168 valence electrons. The van der Waals surface area contributed by atoms with Gasteiger partial charge in [-0.15, -0.1) is 0 Å². The number of nitrogens with zero attached hydrogens (tertiary/aromatic N) is 1. The summed E-state index contributed by atoms with van der Waals surface area (Å²) in [5.74, 6) is -0.0389. The second kappa shape index (κ2) is 10.3. The molecule has 1 aromatic heterocycles. The fourth-order valence-electron chi connectivity index (χ4n) is 3.06. The van der Waals surface area contributed by atoms with Crippen LogP contribution >= 0.6 is 0 Å². The van der Waals surface area contributed by atoms with Crippen LogP contribution in [0.1, 0.15) is 29.9 Å². The molecular weight excluding hydrogens is 414 g/mol. The largest absolute Gasteiger partial charge is 0.490 e. The minimum absolute atomic E-state index is 0.266. The molecule has 1 amide bonds. The summed E-state index contributed by atoms with van der Waals surface area (Å²) in [6, 6.07) is 11.4. The number of rotatable bonds is 9. The minimum atomic E-state index is -0.647. The summed E-state index contributed by atoms with van der Waals surface area (Å²) < 4.78 is 17.6. The molecule has 9 nitrogen and oxygen atoms in total. The van der Waals surface area contributed by atoms with Gasteiger partial charge in [0.15, 0.2) is 18.1 Å². The van der Waals surface area contributed by atoms with Crippen LogP contribution in [0.3, 0.4) is 0 Å². The maximum Gasteiger partial charge on any atom is 0.338 e. The summed E-state index contributed by atoms with van der Waals surface area (Å²) >= 11 is 0. The lowest BCUT2D eigenvalue weighted by atomic mass is 10.2. The van der Waals surface area contributed by atoms with E-state index < -0.39 is 18.5 Å². The number of nitrogens with one attached hydrogen (secondary N) is 2. The van der Waals surface area contributed by atoms with E-state index in [2.05, 4.69) is 10.3 Å². The van der Waals surface area contributed by atoms with Crippen LogP contribution in [0.5, 0.6) is 11.5 Å². The van der Waals surface area contributed by atoms with Crippen molar-refractivity contribution >= 4 is 17.6 Å². The van der Waals surface area contributed by atoms with Gasteiger partial charge in [-0.25, -0.2) is 9.59 Å². The Balaban J connectivity index is 1.58. The van der Waals surface area contributed by atoms with Crippen LogP contribution in [0.25, 0.3) is 5.69 Å². The summed E-state index contributed by atoms with van der Waals surface area (Å²) in [4.78, 5) is 38.9. The van der Waals surface area contributed by atoms with E-state index in [1.165, 1.54) is 16.7 Å². The molecule has 0 atom stereocenters. The number of imidazole rings is 1. The van der Waals surface area contributed by atoms with Crippen molar-refractivity contribution in [3.05, 3.63) is 70.4 Å². The van der Waals surface area contributed by atoms with Gasteiger partial charge in [-0.3, -0.25) is 9.36 Å². The molecule has 32 heavy (non-hydrogen) atoms. The van der Waals surface area contributed by atoms with E-state index in [0.717, 1.165) is 5.69 Å². The molecule has 0 fully saturated rings. The second-order valence-corrected chi connectivity index (χ2v) is 6.77. The number of aromatic amines is 1. The predicted molar refractivity (Wildman–Crippen MR) is 119 cm³/mol. The molecule has 0 saturated carbocycles. The van der Waals surface area contributed by atoms with Gasteiger partial charge in [0.2, 0.25) is 0 Å². The monoisotopic (exact) mass is 439 g/mol. The number of H-pyrrole nitrogens is 1. The number of carbonyl (C=O) groups is 2. The van der Waals surface area contributed by atoms with Gasteiger partial charge < -0.3 is 24.5 Å². The zero-order valence-electron chi connectivity index (χ0n) is 18.1. The van der Waals surface area contributed by atoms with Gasteiger partial charge in [0, 0.05) is 23.6 Å². The van der Waals surface area contributed by atoms with Crippen molar-refractivity contribution in [3.8, 4) is 17.2 Å². The van der Waals surface area contributed by atoms with Crippen molar-refractivity contribution in [1.29, 1.82) is 0 Å². The summed E-state index contributed by atoms with van der Waals surface area (Å²) in [6.07, 6.45) is 1.60. The van der Waals surface area contributed by atoms with E-state index in [4.69, 9.17) is 14.2 Å². The number of aryl methyl sites for hydroxylation is 1. The Morgan fingerprint density at radius 3 is 2.31 bits per heavy atom. The number of ether oxygens (including phenoxy) is 3. The molecule has 3 rings (SSSR count). The first-order valence-corrected chi connectivity index (χ1v) is 10.2. The highest BCUT2D eigenvalue weighted by molar-refractivity contribution is 5.95. The number of aromatic nitrogens is 2. The molecule has 9 heteroatoms. The standard InChI is InChI=1S/C23H25N3O6/c1-4-30-19-11-8-17(12-20(19)31-5-2)25-21(27)14-32-22(28)16-6-9-18(10-7-16)26-15(3)13-24-23(26)29/h6-13H,4-5,14H2,1-3H3,(H,24,29)(H,25,27). The zero-order chi connectivity index (χ0) is 23.1. The quantitative estimate of drug-likeness (QED) is 0.496. The van der Waals surface area contributed by atoms with Crippen molar-refractivity contribution in [2.24, 2.45) is 0 Å². The van der Waals surface area contributed by atoms with Gasteiger partial charge in [0.1, 0.15) is 0 Å². The Morgan fingerprint density at radius 2 is 1.69 bits per heavy atom. The lowest BCUT2D eigenvalue weighted by molar-refractivity contribution is -0.119. The second-order valence-electron chi connectivity index (χ2n) is 6.77. The van der Waals surface area contributed by atoms with E-state index in [1.807, 2.05) is 13.8 Å². The fourth-order valence-corrected chi connectivity index (χ4v) is 3.06. The van der Waals surface area contributed by atoms with E-state index in [1.54, 1.807) is 43.5 Å². The molecule has 1 heterocycles. The average Bonchev–Trinajstić information content (AvgIpc) is 3.12. The first-order valence-electron chi connectivity index (χ1n) is 10.2. The van der Waals surface area contributed by atoms with Crippen LogP contribution in [0.4, 0.5) is 5.69 Å². The van der Waals surface area contributed by atoms with Gasteiger partial charge >= 0.3 is 11.7 Å². The Morgan fingerprint density at radius 1 is 1.00 bits per heavy atom. The van der Waals surface area contributed by atoms with Crippen molar-refractivity contribution in [3.63, 3.8) is 0 Å². The molecular formula is C23H25N3O6. The van der Waals surface area contributed by atoms with Crippen molar-refractivity contribution in [1.82, 2.24) is 9.55 Å². The number of esters is 1. The number of anilines is 1. The molecule has 0 bridgehead atoms. The van der Waals surface area contributed by atoms with E-state index in [-0.39, 0.29) is 11.3 Å². The Hall–Kier alpha value is -4.01. The number of amides is 1. The SMILES string of the molecule is CCOc1ccc(NC(=O)COC(=O)c2ccc(-n3c(C)c[nH]c3=O)cc2)cc1OCC. The van der Waals surface area contributed by atoms with Gasteiger partial charge in [-0.05, 0) is 57.2 Å². The molecule has 3 aromatic rings. The third-order valence-electron chi connectivity index (χ3n) is 4.48. The lowest BCUT2D eigenvalue weighted by Crippen LogP contribution is -2.21. The van der Waals surface area contributed by atoms with Crippen LogP contribution in [0.2, 0.25) is 0 Å². The zero-order valence-corrected chi connectivity index (χ0v) is 18.1. The Kier molecular flexibility index (Phi) is 7.33. The normalized spacial score (nSPS) is 10.5. The average molecular weight is 439 g/mol. The third-order valence-corrected chi connectivity index (χ3v) is 4.48. The highest BCUT2D eigenvalue weighted by Crippen LogP contribution is 2.30. The molecule has 0 aliphatic rings. The van der Waals surface area contributed by atoms with Crippen LogP contribution in [-0.2, 0) is 9.53 Å². The smallest absolute Gasteiger partial charge is 0.338 e. The molecule has 0 unspecified atom stereocenters. The van der Waals surface area contributed by atoms with E-state index >= 15 is 0 Å². The van der Waals surface area contributed by atoms with Crippen molar-refractivity contribution < 1.29 is 23.8 Å². The summed E-state index contributed by atoms with van der Waals surface area (Å²) in [6.45, 7) is 6.00. The minimum Gasteiger partial charge on any atom is -0.490 e. The lowest BCUT2D eigenvalue weighted by Gasteiger charge is -2.13. The van der Waals surface area contributed by atoms with E-state index in [0.29, 0.717) is 36.1 Å². The first-order chi connectivity index (χ1) is 15.4. The Bertz CT molecular complexity index is 1150. The fraction of sp³-hybridized carbons (Fsp3) is 0.261. The maximum absolute atomic E-state index is 12.3. The number of hydrogen-bond acceptors (Lipinski definition) is 6. The molecule has 2 aromatic carbocycles. The van der Waals surface area contributed by atoms with Gasteiger partial charge in [0.05, 0.1) is 24.5 Å². The van der Waals surface area contributed by atoms with Crippen LogP contribution in [-0.4, -0.2) is 41.2 Å². The van der Waals surface area contributed by atoms with Crippen molar-refractivity contribution in [2.75, 3.05) is 25.1 Å². The highest BCUT2D eigenvalue weighted by atomic mass is 16.5. The summed E-state index contributed by atoms with van der Waals surface area (Å²) in [5, 5.41) is 2.66. The molecule has 0 radical (unpaired) electrons. The molecule has 2 N–H and O–H groups in total. The van der Waals surface area contributed by atoms with Crippen LogP contribution in [0, 0.1) is 6.92 Å². The Labute approximate surface area is 184 Å². The predicted octanol–water partition coefficient (Wildman–Crippen LogP) is 3.07. The molecule has 0 spiro atoms. The number of benzene rings is 2. The van der Waals surface area contributed by atoms with Gasteiger partial charge in [-0.2, -0.15) is 0 Å². The van der Waals surface area contributed by atoms with E-state index in [9.17, 15) is 14.4 Å². The molecule has 0 saturated heterocycles. The van der Waals surface area contributed by atoms with Gasteiger partial charge in [-0.1, -0.05) is 0 Å². The highest BCUT2D eigenvalue weighted by Gasteiger charge is 2.13. The number of hydrogen-bond donors (Lipinski definition) is 2. The number of carbonyl (C=O) groups excluding carboxylic acids is 2. The molecule has 0 aliphatic carbocycles. The van der Waals surface area contributed by atoms with Gasteiger partial charge in [0.25, 0.3) is 5.91 Å². The summed E-state index contributed by atoms with van der Waals surface area (Å²) in [7, 11) is 0. The van der Waals surface area contributed by atoms with Crippen LogP contribution < -0.4 is 20.5 Å². The third kappa shape index (κ3) is 5.37. The maximum atomic E-state index is 12.3. The molecule has 0 aliphatic heterocycles. The first kappa shape index (κ1) is 22.7. The topological polar surface area (TPSA) is 112 Å².